The molecule has 0 radical (unpaired) electrons. The van der Waals surface area contributed by atoms with Crippen LogP contribution in [0.1, 0.15) is 11.1 Å². The van der Waals surface area contributed by atoms with Crippen LogP contribution in [-0.4, -0.2) is 45.2 Å². The predicted octanol–water partition coefficient (Wildman–Crippen LogP) is 2.32. The van der Waals surface area contributed by atoms with Gasteiger partial charge in [0.1, 0.15) is 12.3 Å². The van der Waals surface area contributed by atoms with Crippen molar-refractivity contribution in [3.05, 3.63) is 59.7 Å². The van der Waals surface area contributed by atoms with Gasteiger partial charge in [-0.15, -0.1) is 10.2 Å². The maximum absolute atomic E-state index is 12.5. The average molecular weight is 351 g/mol. The monoisotopic (exact) mass is 351 g/mol. The van der Waals surface area contributed by atoms with Gasteiger partial charge in [-0.05, 0) is 35.4 Å². The number of aryl methyl sites for hydroxylation is 1. The fourth-order valence-corrected chi connectivity index (χ4v) is 2.62. The molecule has 1 amide bonds. The number of carbonyl (C=O) groups excluding carboxylic acids is 1. The first-order chi connectivity index (χ1) is 12.6. The lowest BCUT2D eigenvalue weighted by molar-refractivity contribution is -0.131. The van der Waals surface area contributed by atoms with Crippen molar-refractivity contribution in [2.24, 2.45) is 0 Å². The number of amides is 1. The zero-order valence-corrected chi connectivity index (χ0v) is 15.1. The van der Waals surface area contributed by atoms with Crippen LogP contribution >= 0.6 is 0 Å². The zero-order valence-electron chi connectivity index (χ0n) is 15.1. The van der Waals surface area contributed by atoms with E-state index >= 15 is 0 Å². The Labute approximate surface area is 152 Å². The molecule has 0 atom stereocenters. The molecule has 0 aliphatic heterocycles. The molecule has 3 aromatic rings. The van der Waals surface area contributed by atoms with E-state index in [1.54, 1.807) is 19.1 Å². The van der Waals surface area contributed by atoms with Gasteiger partial charge >= 0.3 is 0 Å². The fraction of sp³-hybridized carbons (Fsp3) is 0.263. The first kappa shape index (κ1) is 17.6. The summed E-state index contributed by atoms with van der Waals surface area (Å²) in [5.74, 6) is 1.19. The second-order valence-corrected chi connectivity index (χ2v) is 6.06. The second-order valence-electron chi connectivity index (χ2n) is 6.06. The molecule has 3 rings (SSSR count). The molecule has 0 saturated heterocycles. The molecule has 0 N–H and O–H groups in total. The van der Waals surface area contributed by atoms with Gasteiger partial charge in [0.05, 0.1) is 7.11 Å². The van der Waals surface area contributed by atoms with Gasteiger partial charge in [0.2, 0.25) is 11.7 Å². The maximum atomic E-state index is 12.5. The largest absolute Gasteiger partial charge is 0.497 e. The number of hydrogen-bond donors (Lipinski definition) is 0. The SMILES string of the molecule is COc1cccc(CN(C)C(=O)Cn2nnc(-c3ccccc3C)n2)c1. The summed E-state index contributed by atoms with van der Waals surface area (Å²) >= 11 is 0. The smallest absolute Gasteiger partial charge is 0.246 e. The predicted molar refractivity (Wildman–Crippen MR) is 97.5 cm³/mol. The lowest BCUT2D eigenvalue weighted by Gasteiger charge is -2.17. The minimum Gasteiger partial charge on any atom is -0.497 e. The van der Waals surface area contributed by atoms with Crippen LogP contribution in [0, 0.1) is 6.92 Å². The molecule has 0 unspecified atom stereocenters. The molecule has 7 heteroatoms. The second kappa shape index (κ2) is 7.77. The summed E-state index contributed by atoms with van der Waals surface area (Å²) in [5, 5.41) is 12.4. The first-order valence-electron chi connectivity index (χ1n) is 8.27. The summed E-state index contributed by atoms with van der Waals surface area (Å²) in [6.45, 7) is 2.51. The van der Waals surface area contributed by atoms with Crippen molar-refractivity contribution in [1.82, 2.24) is 25.1 Å². The number of nitrogens with zero attached hydrogens (tertiary/aromatic N) is 5. The topological polar surface area (TPSA) is 73.1 Å². The van der Waals surface area contributed by atoms with Gasteiger partial charge in [-0.3, -0.25) is 4.79 Å². The van der Waals surface area contributed by atoms with Crippen molar-refractivity contribution in [2.75, 3.05) is 14.2 Å². The standard InChI is InChI=1S/C19H21N5O2/c1-14-7-4-5-10-17(14)19-20-22-24(21-19)13-18(25)23(2)12-15-8-6-9-16(11-15)26-3/h4-11H,12-13H2,1-3H3. The van der Waals surface area contributed by atoms with Crippen molar-refractivity contribution in [1.29, 1.82) is 0 Å². The van der Waals surface area contributed by atoms with Gasteiger partial charge in [-0.2, -0.15) is 4.80 Å². The van der Waals surface area contributed by atoms with Gasteiger partial charge in [-0.1, -0.05) is 36.4 Å². The van der Waals surface area contributed by atoms with Crippen LogP contribution < -0.4 is 4.74 Å². The van der Waals surface area contributed by atoms with E-state index in [0.29, 0.717) is 12.4 Å². The number of benzene rings is 2. The molecule has 7 nitrogen and oxygen atoms in total. The number of tetrazole rings is 1. The quantitative estimate of drug-likeness (QED) is 0.681. The molecule has 1 heterocycles. The van der Waals surface area contributed by atoms with Gasteiger partial charge < -0.3 is 9.64 Å². The normalized spacial score (nSPS) is 10.6. The third kappa shape index (κ3) is 4.05. The number of methoxy groups -OCH3 is 1. The molecule has 0 aliphatic carbocycles. The number of carbonyl (C=O) groups is 1. The van der Waals surface area contributed by atoms with Gasteiger partial charge in [0.25, 0.3) is 0 Å². The van der Waals surface area contributed by atoms with Gasteiger partial charge in [0.15, 0.2) is 0 Å². The number of hydrogen-bond acceptors (Lipinski definition) is 5. The van der Waals surface area contributed by atoms with Crippen LogP contribution in [0.15, 0.2) is 48.5 Å². The Morgan fingerprint density at radius 1 is 1.19 bits per heavy atom. The zero-order chi connectivity index (χ0) is 18.5. The summed E-state index contributed by atoms with van der Waals surface area (Å²) in [6.07, 6.45) is 0. The van der Waals surface area contributed by atoms with E-state index in [4.69, 9.17) is 4.74 Å². The Balaban J connectivity index is 1.65. The number of likely N-dealkylation sites (N-methyl/N-ethyl adjacent to an activating group) is 1. The Morgan fingerprint density at radius 2 is 2.00 bits per heavy atom. The summed E-state index contributed by atoms with van der Waals surface area (Å²) in [5.41, 5.74) is 2.97. The summed E-state index contributed by atoms with van der Waals surface area (Å²) in [6, 6.07) is 15.5. The van der Waals surface area contributed by atoms with Crippen LogP contribution in [0.2, 0.25) is 0 Å². The minimum atomic E-state index is -0.0958. The van der Waals surface area contributed by atoms with Crippen LogP contribution in [0.25, 0.3) is 11.4 Å². The summed E-state index contributed by atoms with van der Waals surface area (Å²) in [7, 11) is 3.37. The van der Waals surface area contributed by atoms with Crippen LogP contribution in [-0.2, 0) is 17.9 Å². The van der Waals surface area contributed by atoms with Crippen molar-refractivity contribution in [3.63, 3.8) is 0 Å². The Hall–Kier alpha value is -3.22. The number of rotatable bonds is 6. The minimum absolute atomic E-state index is 0.0410. The Kier molecular flexibility index (Phi) is 5.26. The molecule has 0 saturated carbocycles. The third-order valence-corrected chi connectivity index (χ3v) is 4.10. The molecule has 2 aromatic carbocycles. The molecule has 0 spiro atoms. The van der Waals surface area contributed by atoms with Crippen LogP contribution in [0.3, 0.4) is 0 Å². The van der Waals surface area contributed by atoms with Crippen LogP contribution in [0.5, 0.6) is 5.75 Å². The van der Waals surface area contributed by atoms with Crippen molar-refractivity contribution in [3.8, 4) is 17.1 Å². The molecular weight excluding hydrogens is 330 g/mol. The Morgan fingerprint density at radius 3 is 2.77 bits per heavy atom. The highest BCUT2D eigenvalue weighted by Crippen LogP contribution is 2.18. The highest BCUT2D eigenvalue weighted by Gasteiger charge is 2.14. The molecule has 0 aliphatic rings. The van der Waals surface area contributed by atoms with Gasteiger partial charge in [0, 0.05) is 19.2 Å². The van der Waals surface area contributed by atoms with E-state index in [-0.39, 0.29) is 12.5 Å². The van der Waals surface area contributed by atoms with E-state index < -0.39 is 0 Å². The molecule has 1 aromatic heterocycles. The van der Waals surface area contributed by atoms with E-state index in [2.05, 4.69) is 15.4 Å². The fourth-order valence-electron chi connectivity index (χ4n) is 2.62. The maximum Gasteiger partial charge on any atom is 0.246 e. The summed E-state index contributed by atoms with van der Waals surface area (Å²) < 4.78 is 5.21. The molecular formula is C19H21N5O2. The first-order valence-corrected chi connectivity index (χ1v) is 8.27. The van der Waals surface area contributed by atoms with E-state index in [9.17, 15) is 4.79 Å². The van der Waals surface area contributed by atoms with E-state index in [0.717, 1.165) is 22.4 Å². The number of ether oxygens (including phenoxy) is 1. The molecule has 0 fully saturated rings. The van der Waals surface area contributed by atoms with Crippen molar-refractivity contribution < 1.29 is 9.53 Å². The Bertz CT molecular complexity index is 906. The number of aromatic nitrogens is 4. The molecule has 26 heavy (non-hydrogen) atoms. The molecule has 0 bridgehead atoms. The highest BCUT2D eigenvalue weighted by atomic mass is 16.5. The van der Waals surface area contributed by atoms with E-state index in [1.165, 1.54) is 4.80 Å². The lowest BCUT2D eigenvalue weighted by Crippen LogP contribution is -2.30. The third-order valence-electron chi connectivity index (χ3n) is 4.10. The van der Waals surface area contributed by atoms with Crippen LogP contribution in [0.4, 0.5) is 0 Å². The van der Waals surface area contributed by atoms with Crippen molar-refractivity contribution in [2.45, 2.75) is 20.0 Å². The molecule has 134 valence electrons. The average Bonchev–Trinajstić information content (AvgIpc) is 3.10. The lowest BCUT2D eigenvalue weighted by atomic mass is 10.1. The van der Waals surface area contributed by atoms with Crippen molar-refractivity contribution >= 4 is 5.91 Å². The highest BCUT2D eigenvalue weighted by molar-refractivity contribution is 5.75. The summed E-state index contributed by atoms with van der Waals surface area (Å²) in [4.78, 5) is 15.4. The van der Waals surface area contributed by atoms with Gasteiger partial charge in [-0.25, -0.2) is 0 Å². The van der Waals surface area contributed by atoms with E-state index in [1.807, 2.05) is 55.5 Å².